The van der Waals surface area contributed by atoms with E-state index in [2.05, 4.69) is 12.1 Å². The van der Waals surface area contributed by atoms with Gasteiger partial charge in [0.25, 0.3) is 11.1 Å². The lowest BCUT2D eigenvalue weighted by atomic mass is 10.2. The zero-order valence-electron chi connectivity index (χ0n) is 20.4. The summed E-state index contributed by atoms with van der Waals surface area (Å²) in [5.74, 6) is 0.878. The lowest BCUT2D eigenvalue weighted by Gasteiger charge is -2.07. The Bertz CT molecular complexity index is 1520. The van der Waals surface area contributed by atoms with Crippen molar-refractivity contribution in [1.82, 2.24) is 9.13 Å². The molecule has 5 nitrogen and oxygen atoms in total. The van der Waals surface area contributed by atoms with Crippen LogP contribution in [0.3, 0.4) is 0 Å². The van der Waals surface area contributed by atoms with Crippen molar-refractivity contribution in [2.75, 3.05) is 5.73 Å². The van der Waals surface area contributed by atoms with E-state index in [1.54, 1.807) is 39.2 Å². The van der Waals surface area contributed by atoms with E-state index in [1.165, 1.54) is 11.6 Å². The number of benzene rings is 3. The molecule has 0 saturated carbocycles. The fourth-order valence-corrected chi connectivity index (χ4v) is 4.53. The summed E-state index contributed by atoms with van der Waals surface area (Å²) in [5.41, 5.74) is 9.48. The quantitative estimate of drug-likeness (QED) is 0.288. The Kier molecular flexibility index (Phi) is 9.16. The molecule has 2 heterocycles. The van der Waals surface area contributed by atoms with Crippen LogP contribution in [0.25, 0.3) is 0 Å². The van der Waals surface area contributed by atoms with Gasteiger partial charge < -0.3 is 14.9 Å². The Morgan fingerprint density at radius 2 is 1.03 bits per heavy atom. The minimum Gasteiger partial charge on any atom is -0.399 e. The van der Waals surface area contributed by atoms with Gasteiger partial charge in [0.15, 0.2) is 0 Å². The summed E-state index contributed by atoms with van der Waals surface area (Å²) < 4.78 is 3.37. The molecule has 0 saturated heterocycles. The molecule has 6 heteroatoms. The normalized spacial score (nSPS) is 10.4. The van der Waals surface area contributed by atoms with Gasteiger partial charge in [-0.3, -0.25) is 9.59 Å². The Hall–Kier alpha value is -4.29. The lowest BCUT2D eigenvalue weighted by molar-refractivity contribution is 0.753. The molecule has 0 atom stereocenters. The number of rotatable bonds is 7. The van der Waals surface area contributed by atoms with Crippen molar-refractivity contribution in [2.45, 2.75) is 23.7 Å². The zero-order valence-corrected chi connectivity index (χ0v) is 21.3. The first-order chi connectivity index (χ1) is 18.1. The molecule has 0 aliphatic rings. The summed E-state index contributed by atoms with van der Waals surface area (Å²) in [5, 5.41) is 0. The highest BCUT2D eigenvalue weighted by Gasteiger charge is 2.02. The highest BCUT2D eigenvalue weighted by Crippen LogP contribution is 2.21. The largest absolute Gasteiger partial charge is 0.399 e. The van der Waals surface area contributed by atoms with Crippen LogP contribution in [0, 0.1) is 0 Å². The molecule has 0 fully saturated rings. The first-order valence-electron chi connectivity index (χ1n) is 12.0. The van der Waals surface area contributed by atoms with E-state index in [0.717, 1.165) is 21.8 Å². The van der Waals surface area contributed by atoms with Gasteiger partial charge in [-0.2, -0.15) is 0 Å². The maximum absolute atomic E-state index is 12.2. The van der Waals surface area contributed by atoms with Crippen LogP contribution in [-0.4, -0.2) is 9.13 Å². The van der Waals surface area contributed by atoms with Crippen LogP contribution in [0.2, 0.25) is 0 Å². The molecule has 2 aromatic heterocycles. The van der Waals surface area contributed by atoms with E-state index >= 15 is 0 Å². The Morgan fingerprint density at radius 1 is 0.568 bits per heavy atom. The van der Waals surface area contributed by atoms with Gasteiger partial charge in [0.1, 0.15) is 0 Å². The third-order valence-electron chi connectivity index (χ3n) is 5.63. The Labute approximate surface area is 220 Å². The highest BCUT2D eigenvalue weighted by atomic mass is 32.2. The second kappa shape index (κ2) is 13.1. The third-order valence-corrected chi connectivity index (χ3v) is 6.69. The van der Waals surface area contributed by atoms with Crippen molar-refractivity contribution in [2.24, 2.45) is 0 Å². The van der Waals surface area contributed by atoms with Gasteiger partial charge in [-0.25, -0.2) is 0 Å². The average molecular weight is 508 g/mol. The minimum absolute atomic E-state index is 0.0434. The predicted molar refractivity (Wildman–Crippen MR) is 153 cm³/mol. The fraction of sp³-hybridized carbons (Fsp3) is 0.0968. The first kappa shape index (κ1) is 25.8. The SMILES string of the molecule is Nc1ccn(Cc2ccccc2)c(=O)c1.O=c1cc(SCc2ccccc2)ccn1Cc1ccccc1. The molecule has 5 aromatic rings. The molecular formula is C31H29N3O2S. The van der Waals surface area contributed by atoms with Gasteiger partial charge in [0, 0.05) is 40.9 Å². The van der Waals surface area contributed by atoms with Crippen molar-refractivity contribution in [3.63, 3.8) is 0 Å². The molecule has 0 bridgehead atoms. The molecule has 2 N–H and O–H groups in total. The summed E-state index contributed by atoms with van der Waals surface area (Å²) in [6.45, 7) is 1.20. The number of hydrogen-bond donors (Lipinski definition) is 1. The summed E-state index contributed by atoms with van der Waals surface area (Å²) >= 11 is 1.69. The van der Waals surface area contributed by atoms with E-state index in [1.807, 2.05) is 91.1 Å². The van der Waals surface area contributed by atoms with E-state index in [9.17, 15) is 9.59 Å². The highest BCUT2D eigenvalue weighted by molar-refractivity contribution is 7.98. The summed E-state index contributed by atoms with van der Waals surface area (Å²) in [6, 6.07) is 37.0. The molecule has 3 aromatic carbocycles. The maximum atomic E-state index is 12.2. The number of anilines is 1. The van der Waals surface area contributed by atoms with Crippen LogP contribution in [-0.2, 0) is 18.8 Å². The number of hydrogen-bond acceptors (Lipinski definition) is 4. The van der Waals surface area contributed by atoms with E-state index in [-0.39, 0.29) is 11.1 Å². The molecule has 0 aliphatic carbocycles. The van der Waals surface area contributed by atoms with Gasteiger partial charge in [0.05, 0.1) is 13.1 Å². The molecule has 5 rings (SSSR count). The number of aromatic nitrogens is 2. The Morgan fingerprint density at radius 3 is 1.51 bits per heavy atom. The van der Waals surface area contributed by atoms with E-state index in [0.29, 0.717) is 18.8 Å². The molecular weight excluding hydrogens is 478 g/mol. The standard InChI is InChI=1S/C19H17NOS.C12H12N2O/c21-19-13-18(22-15-17-9-5-2-6-10-17)11-12-20(19)14-16-7-3-1-4-8-16;13-11-6-7-14(12(15)8-11)9-10-4-2-1-3-5-10/h1-13H,14-15H2;1-8H,9,13H2. The fourth-order valence-electron chi connectivity index (χ4n) is 3.66. The monoisotopic (exact) mass is 507 g/mol. The van der Waals surface area contributed by atoms with Crippen LogP contribution in [0.15, 0.2) is 142 Å². The van der Waals surface area contributed by atoms with Crippen molar-refractivity contribution in [3.8, 4) is 0 Å². The summed E-state index contributed by atoms with van der Waals surface area (Å²) in [4.78, 5) is 24.7. The molecule has 0 amide bonds. The van der Waals surface area contributed by atoms with Crippen LogP contribution < -0.4 is 16.9 Å². The smallest absolute Gasteiger partial charge is 0.252 e. The van der Waals surface area contributed by atoms with Crippen molar-refractivity contribution >= 4 is 17.4 Å². The number of pyridine rings is 2. The number of nitrogens with zero attached hydrogens (tertiary/aromatic N) is 2. The van der Waals surface area contributed by atoms with Gasteiger partial charge in [0.2, 0.25) is 0 Å². The molecule has 37 heavy (non-hydrogen) atoms. The zero-order chi connectivity index (χ0) is 25.9. The topological polar surface area (TPSA) is 70.0 Å². The maximum Gasteiger partial charge on any atom is 0.252 e. The van der Waals surface area contributed by atoms with Crippen molar-refractivity contribution < 1.29 is 0 Å². The second-order valence-electron chi connectivity index (χ2n) is 8.50. The van der Waals surface area contributed by atoms with Crippen LogP contribution >= 0.6 is 11.8 Å². The molecule has 0 spiro atoms. The van der Waals surface area contributed by atoms with Crippen LogP contribution in [0.5, 0.6) is 0 Å². The van der Waals surface area contributed by atoms with Crippen LogP contribution in [0.1, 0.15) is 16.7 Å². The number of thioether (sulfide) groups is 1. The van der Waals surface area contributed by atoms with Gasteiger partial charge in [-0.1, -0.05) is 91.0 Å². The second-order valence-corrected chi connectivity index (χ2v) is 9.55. The Balaban J connectivity index is 0.000000186. The minimum atomic E-state index is -0.0705. The van der Waals surface area contributed by atoms with Gasteiger partial charge >= 0.3 is 0 Å². The van der Waals surface area contributed by atoms with Gasteiger partial charge in [-0.05, 0) is 28.8 Å². The molecule has 0 unspecified atom stereocenters. The summed E-state index contributed by atoms with van der Waals surface area (Å²) in [6.07, 6.45) is 3.59. The van der Waals surface area contributed by atoms with E-state index < -0.39 is 0 Å². The van der Waals surface area contributed by atoms with Crippen molar-refractivity contribution in [1.29, 1.82) is 0 Å². The molecule has 0 aliphatic heterocycles. The predicted octanol–water partition coefficient (Wildman–Crippen LogP) is 5.67. The first-order valence-corrected chi connectivity index (χ1v) is 13.0. The average Bonchev–Trinajstić information content (AvgIpc) is 2.93. The third kappa shape index (κ3) is 8.12. The summed E-state index contributed by atoms with van der Waals surface area (Å²) in [7, 11) is 0. The molecule has 0 radical (unpaired) electrons. The van der Waals surface area contributed by atoms with E-state index in [4.69, 9.17) is 5.73 Å². The van der Waals surface area contributed by atoms with Crippen molar-refractivity contribution in [3.05, 3.63) is 165 Å². The van der Waals surface area contributed by atoms with Crippen LogP contribution in [0.4, 0.5) is 5.69 Å². The lowest BCUT2D eigenvalue weighted by Crippen LogP contribution is -2.19. The van der Waals surface area contributed by atoms with Gasteiger partial charge in [-0.15, -0.1) is 11.8 Å². The molecule has 186 valence electrons. The number of nitrogen functional groups attached to an aromatic ring is 1. The number of nitrogens with two attached hydrogens (primary N) is 1.